The van der Waals surface area contributed by atoms with E-state index in [1.807, 2.05) is 13.0 Å². The van der Waals surface area contributed by atoms with Crippen molar-refractivity contribution < 1.29 is 19.3 Å². The zero-order valence-corrected chi connectivity index (χ0v) is 17.5. The van der Waals surface area contributed by atoms with Crippen molar-refractivity contribution in [3.63, 3.8) is 0 Å². The van der Waals surface area contributed by atoms with Gasteiger partial charge in [-0.3, -0.25) is 14.4 Å². The Morgan fingerprint density at radius 1 is 0.967 bits per heavy atom. The summed E-state index contributed by atoms with van der Waals surface area (Å²) in [7, 11) is 0. The van der Waals surface area contributed by atoms with Crippen LogP contribution >= 0.6 is 0 Å². The first-order valence-corrected chi connectivity index (χ1v) is 10.3. The van der Waals surface area contributed by atoms with Gasteiger partial charge < -0.3 is 20.4 Å². The first-order valence-electron chi connectivity index (χ1n) is 10.3. The summed E-state index contributed by atoms with van der Waals surface area (Å²) in [4.78, 5) is 39.1. The second-order valence-electron chi connectivity index (χ2n) is 7.59. The van der Waals surface area contributed by atoms with Crippen molar-refractivity contribution in [2.75, 3.05) is 36.8 Å². The van der Waals surface area contributed by atoms with Crippen LogP contribution in [-0.2, 0) is 27.3 Å². The number of hydrogen-bond donors (Lipinski definition) is 3. The van der Waals surface area contributed by atoms with E-state index in [0.717, 1.165) is 19.5 Å². The van der Waals surface area contributed by atoms with Crippen LogP contribution in [0.5, 0.6) is 0 Å². The first kappa shape index (κ1) is 21.5. The molecule has 0 aliphatic carbocycles. The number of likely N-dealkylation sites (N-methyl/N-ethyl adjacent to an activating group) is 1. The predicted octanol–water partition coefficient (Wildman–Crippen LogP) is 1.07. The van der Waals surface area contributed by atoms with E-state index < -0.39 is 0 Å². The number of benzene rings is 2. The van der Waals surface area contributed by atoms with Gasteiger partial charge in [0, 0.05) is 36.8 Å². The molecule has 0 fully saturated rings. The van der Waals surface area contributed by atoms with Crippen molar-refractivity contribution in [1.82, 2.24) is 4.90 Å². The maximum Gasteiger partial charge on any atom is 0.278 e. The Kier molecular flexibility index (Phi) is 7.19. The zero-order chi connectivity index (χ0) is 21.5. The maximum atomic E-state index is 12.8. The van der Waals surface area contributed by atoms with Crippen LogP contribution in [0.3, 0.4) is 0 Å². The van der Waals surface area contributed by atoms with Gasteiger partial charge in [-0.15, -0.1) is 0 Å². The summed E-state index contributed by atoms with van der Waals surface area (Å²) in [6, 6.07) is 15.2. The van der Waals surface area contributed by atoms with Crippen LogP contribution in [0.2, 0.25) is 0 Å². The van der Waals surface area contributed by atoms with Gasteiger partial charge in [0.05, 0.1) is 6.54 Å². The monoisotopic (exact) mass is 409 g/mol. The van der Waals surface area contributed by atoms with Gasteiger partial charge in [0.1, 0.15) is 13.1 Å². The summed E-state index contributed by atoms with van der Waals surface area (Å²) in [5.41, 5.74) is 3.95. The van der Waals surface area contributed by atoms with Gasteiger partial charge in [0.2, 0.25) is 11.8 Å². The number of hydrogen-bond acceptors (Lipinski definition) is 3. The summed E-state index contributed by atoms with van der Waals surface area (Å²) in [6.45, 7) is 5.98. The molecule has 0 saturated carbocycles. The van der Waals surface area contributed by atoms with Gasteiger partial charge >= 0.3 is 0 Å². The van der Waals surface area contributed by atoms with E-state index in [2.05, 4.69) is 28.8 Å². The Labute approximate surface area is 177 Å². The maximum absolute atomic E-state index is 12.8. The summed E-state index contributed by atoms with van der Waals surface area (Å²) in [5, 5.41) is 5.49. The fourth-order valence-corrected chi connectivity index (χ4v) is 3.71. The third kappa shape index (κ3) is 5.90. The first-order chi connectivity index (χ1) is 14.4. The lowest BCUT2D eigenvalue weighted by Gasteiger charge is -2.28. The molecule has 1 unspecified atom stereocenters. The van der Waals surface area contributed by atoms with Crippen LogP contribution in [0.4, 0.5) is 11.4 Å². The second kappa shape index (κ2) is 10.0. The summed E-state index contributed by atoms with van der Waals surface area (Å²) in [6.07, 6.45) is 0.972. The van der Waals surface area contributed by atoms with Crippen LogP contribution in [-0.4, -0.2) is 48.8 Å². The fourth-order valence-electron chi connectivity index (χ4n) is 3.71. The second-order valence-corrected chi connectivity index (χ2v) is 7.59. The quantitative estimate of drug-likeness (QED) is 0.640. The van der Waals surface area contributed by atoms with Crippen molar-refractivity contribution >= 4 is 29.1 Å². The number of rotatable bonds is 7. The molecule has 158 valence electrons. The van der Waals surface area contributed by atoms with Crippen LogP contribution in [0.15, 0.2) is 48.5 Å². The predicted molar refractivity (Wildman–Crippen MR) is 116 cm³/mol. The highest BCUT2D eigenvalue weighted by Gasteiger charge is 2.24. The van der Waals surface area contributed by atoms with E-state index in [-0.39, 0.29) is 24.3 Å². The summed E-state index contributed by atoms with van der Waals surface area (Å²) >= 11 is 0. The number of quaternary nitrogens is 1. The summed E-state index contributed by atoms with van der Waals surface area (Å²) < 4.78 is 0. The largest absolute Gasteiger partial charge is 0.329 e. The van der Waals surface area contributed by atoms with Crippen LogP contribution in [0, 0.1) is 0 Å². The SMILES string of the molecule is CCN(CC(=O)Nc1ccc(NC(C)=O)cc1)C(=O)C[NH+]1CCc2ccccc2C1. The Bertz CT molecular complexity index is 911. The molecule has 0 radical (unpaired) electrons. The number of amides is 3. The topological polar surface area (TPSA) is 83.0 Å². The minimum absolute atomic E-state index is 0.0111. The van der Waals surface area contributed by atoms with Crippen LogP contribution < -0.4 is 15.5 Å². The molecule has 1 aliphatic rings. The Morgan fingerprint density at radius 2 is 1.60 bits per heavy atom. The number of fused-ring (bicyclic) bond motifs is 1. The number of nitrogens with one attached hydrogen (secondary N) is 3. The van der Waals surface area contributed by atoms with Crippen molar-refractivity contribution in [2.45, 2.75) is 26.8 Å². The number of anilines is 2. The van der Waals surface area contributed by atoms with Crippen molar-refractivity contribution in [3.8, 4) is 0 Å². The highest BCUT2D eigenvalue weighted by atomic mass is 16.2. The molecule has 7 heteroatoms. The molecular weight excluding hydrogens is 380 g/mol. The van der Waals surface area contributed by atoms with Gasteiger partial charge in [0.15, 0.2) is 6.54 Å². The lowest BCUT2D eigenvalue weighted by molar-refractivity contribution is -0.908. The highest BCUT2D eigenvalue weighted by Crippen LogP contribution is 2.13. The van der Waals surface area contributed by atoms with Gasteiger partial charge in [-0.25, -0.2) is 0 Å². The van der Waals surface area contributed by atoms with Crippen molar-refractivity contribution in [1.29, 1.82) is 0 Å². The lowest BCUT2D eigenvalue weighted by Crippen LogP contribution is -3.12. The Balaban J connectivity index is 1.51. The molecule has 0 saturated heterocycles. The molecule has 0 bridgehead atoms. The Morgan fingerprint density at radius 3 is 2.23 bits per heavy atom. The molecule has 2 aromatic carbocycles. The fraction of sp³-hybridized carbons (Fsp3) is 0.348. The number of carbonyl (C=O) groups excluding carboxylic acids is 3. The average molecular weight is 410 g/mol. The molecule has 30 heavy (non-hydrogen) atoms. The molecule has 0 aromatic heterocycles. The van der Waals surface area contributed by atoms with E-state index in [9.17, 15) is 14.4 Å². The lowest BCUT2D eigenvalue weighted by atomic mass is 10.00. The normalized spacial score (nSPS) is 15.1. The van der Waals surface area contributed by atoms with E-state index in [0.29, 0.717) is 24.5 Å². The van der Waals surface area contributed by atoms with E-state index in [1.54, 1.807) is 29.2 Å². The average Bonchev–Trinajstić information content (AvgIpc) is 2.73. The van der Waals surface area contributed by atoms with Crippen LogP contribution in [0.25, 0.3) is 0 Å². The summed E-state index contributed by atoms with van der Waals surface area (Å²) in [5.74, 6) is -0.400. The molecule has 0 spiro atoms. The van der Waals surface area contributed by atoms with Gasteiger partial charge in [0.25, 0.3) is 5.91 Å². The van der Waals surface area contributed by atoms with Gasteiger partial charge in [-0.05, 0) is 36.8 Å². The minimum Gasteiger partial charge on any atom is -0.329 e. The molecule has 1 aliphatic heterocycles. The van der Waals surface area contributed by atoms with Gasteiger partial charge in [-0.1, -0.05) is 24.3 Å². The number of carbonyl (C=O) groups is 3. The smallest absolute Gasteiger partial charge is 0.278 e. The molecule has 3 rings (SSSR count). The third-order valence-corrected chi connectivity index (χ3v) is 5.27. The number of nitrogens with zero attached hydrogens (tertiary/aromatic N) is 1. The Hall–Kier alpha value is -3.19. The molecule has 3 amide bonds. The van der Waals surface area contributed by atoms with Crippen molar-refractivity contribution in [3.05, 3.63) is 59.7 Å². The third-order valence-electron chi connectivity index (χ3n) is 5.27. The molecule has 1 heterocycles. The highest BCUT2D eigenvalue weighted by molar-refractivity contribution is 5.95. The minimum atomic E-state index is -0.239. The molecule has 1 atom stereocenters. The molecule has 2 aromatic rings. The van der Waals surface area contributed by atoms with Crippen molar-refractivity contribution in [2.24, 2.45) is 0 Å². The van der Waals surface area contributed by atoms with Crippen LogP contribution in [0.1, 0.15) is 25.0 Å². The van der Waals surface area contributed by atoms with E-state index in [1.165, 1.54) is 23.0 Å². The van der Waals surface area contributed by atoms with Gasteiger partial charge in [-0.2, -0.15) is 0 Å². The zero-order valence-electron chi connectivity index (χ0n) is 17.5. The molecular formula is C23H29N4O3+. The van der Waals surface area contributed by atoms with E-state index in [4.69, 9.17) is 0 Å². The molecule has 3 N–H and O–H groups in total. The van der Waals surface area contributed by atoms with E-state index >= 15 is 0 Å². The standard InChI is InChI=1S/C23H28N4O3/c1-3-27(15-22(29)25-21-10-8-20(9-11-21)24-17(2)28)23(30)16-26-13-12-18-6-4-5-7-19(18)14-26/h4-11H,3,12-16H2,1-2H3,(H,24,28)(H,25,29)/p+1. The molecule has 7 nitrogen and oxygen atoms in total.